The summed E-state index contributed by atoms with van der Waals surface area (Å²) >= 11 is 0. The van der Waals surface area contributed by atoms with Crippen LogP contribution < -0.4 is 4.74 Å². The van der Waals surface area contributed by atoms with E-state index in [9.17, 15) is 0 Å². The molecule has 4 nitrogen and oxygen atoms in total. The van der Waals surface area contributed by atoms with Gasteiger partial charge in [-0.25, -0.2) is 4.98 Å². The first-order valence-corrected chi connectivity index (χ1v) is 4.32. The van der Waals surface area contributed by atoms with E-state index in [-0.39, 0.29) is 0 Å². The number of rotatable bonds is 2. The molecule has 2 aromatic rings. The van der Waals surface area contributed by atoms with Gasteiger partial charge in [0.1, 0.15) is 5.75 Å². The number of nitriles is 1. The molecule has 0 N–H and O–H groups in total. The molecule has 0 unspecified atom stereocenters. The van der Waals surface area contributed by atoms with Crippen LogP contribution in [0.25, 0.3) is 0 Å². The van der Waals surface area contributed by atoms with Crippen molar-refractivity contribution in [1.82, 2.24) is 9.97 Å². The summed E-state index contributed by atoms with van der Waals surface area (Å²) in [5.41, 5.74) is 0.522. The van der Waals surface area contributed by atoms with Crippen molar-refractivity contribution >= 4 is 0 Å². The van der Waals surface area contributed by atoms with Gasteiger partial charge in [0.2, 0.25) is 5.88 Å². The molecule has 2 rings (SSSR count). The van der Waals surface area contributed by atoms with E-state index in [1.165, 1.54) is 6.20 Å². The van der Waals surface area contributed by atoms with Gasteiger partial charge in [0.15, 0.2) is 0 Å². The number of nitrogens with zero attached hydrogens (tertiary/aromatic N) is 3. The summed E-state index contributed by atoms with van der Waals surface area (Å²) in [5.74, 6) is 1.05. The summed E-state index contributed by atoms with van der Waals surface area (Å²) in [5, 5.41) is 8.68. The van der Waals surface area contributed by atoms with Crippen molar-refractivity contribution < 1.29 is 4.74 Å². The van der Waals surface area contributed by atoms with Gasteiger partial charge in [-0.2, -0.15) is 5.26 Å². The molecule has 0 saturated carbocycles. The summed E-state index contributed by atoms with van der Waals surface area (Å²) in [7, 11) is 0. The molecule has 0 atom stereocenters. The topological polar surface area (TPSA) is 58.8 Å². The Hall–Kier alpha value is -2.41. The highest BCUT2D eigenvalue weighted by Gasteiger charge is 1.98. The average Bonchev–Trinajstić information content (AvgIpc) is 2.31. The van der Waals surface area contributed by atoms with Crippen molar-refractivity contribution in [2.75, 3.05) is 0 Å². The zero-order valence-electron chi connectivity index (χ0n) is 7.79. The molecule has 0 aliphatic carbocycles. The molecule has 0 fully saturated rings. The maximum Gasteiger partial charge on any atom is 0.220 e. The molecule has 0 bridgehead atoms. The van der Waals surface area contributed by atoms with Crippen molar-refractivity contribution in [3.05, 3.63) is 48.4 Å². The van der Waals surface area contributed by atoms with E-state index in [1.54, 1.807) is 36.7 Å². The third-order valence-electron chi connectivity index (χ3n) is 1.74. The van der Waals surface area contributed by atoms with Gasteiger partial charge >= 0.3 is 0 Å². The quantitative estimate of drug-likeness (QED) is 0.740. The first-order chi connectivity index (χ1) is 7.38. The molecule has 15 heavy (non-hydrogen) atoms. The Balaban J connectivity index is 2.22. The monoisotopic (exact) mass is 197 g/mol. The Labute approximate surface area is 86.8 Å². The van der Waals surface area contributed by atoms with Crippen LogP contribution in [0.3, 0.4) is 0 Å². The molecular weight excluding hydrogens is 190 g/mol. The van der Waals surface area contributed by atoms with E-state index in [0.29, 0.717) is 17.2 Å². The lowest BCUT2D eigenvalue weighted by Gasteiger charge is -2.03. The maximum absolute atomic E-state index is 8.68. The lowest BCUT2D eigenvalue weighted by Crippen LogP contribution is -1.88. The molecule has 0 radical (unpaired) electrons. The molecule has 0 spiro atoms. The largest absolute Gasteiger partial charge is 0.439 e. The van der Waals surface area contributed by atoms with Crippen molar-refractivity contribution in [1.29, 1.82) is 5.26 Å². The number of pyridine rings is 2. The Bertz CT molecular complexity index is 491. The number of ether oxygens (including phenoxy) is 1. The van der Waals surface area contributed by atoms with Crippen LogP contribution in [0, 0.1) is 11.3 Å². The van der Waals surface area contributed by atoms with Crippen LogP contribution in [0.2, 0.25) is 0 Å². The van der Waals surface area contributed by atoms with Crippen LogP contribution in [-0.4, -0.2) is 9.97 Å². The van der Waals surface area contributed by atoms with Crippen LogP contribution in [0.5, 0.6) is 11.6 Å². The highest BCUT2D eigenvalue weighted by atomic mass is 16.5. The lowest BCUT2D eigenvalue weighted by atomic mass is 10.3. The van der Waals surface area contributed by atoms with Gasteiger partial charge in [0.05, 0.1) is 11.6 Å². The Kier molecular flexibility index (Phi) is 2.56. The lowest BCUT2D eigenvalue weighted by molar-refractivity contribution is 0.462. The number of aromatic nitrogens is 2. The molecule has 4 heteroatoms. The van der Waals surface area contributed by atoms with Crippen molar-refractivity contribution in [3.63, 3.8) is 0 Å². The summed E-state index contributed by atoms with van der Waals surface area (Å²) in [6.45, 7) is 0. The van der Waals surface area contributed by atoms with Gasteiger partial charge in [0.25, 0.3) is 0 Å². The average molecular weight is 197 g/mol. The Morgan fingerprint density at radius 3 is 2.67 bits per heavy atom. The SMILES string of the molecule is N#Cc1ccnc(Oc2ccncc2)c1. The zero-order chi connectivity index (χ0) is 10.5. The second-order valence-electron chi connectivity index (χ2n) is 2.78. The molecule has 0 aliphatic rings. The molecule has 0 amide bonds. The van der Waals surface area contributed by atoms with E-state index in [4.69, 9.17) is 10.00 Å². The Morgan fingerprint density at radius 2 is 1.93 bits per heavy atom. The highest BCUT2D eigenvalue weighted by molar-refractivity contribution is 5.33. The predicted octanol–water partition coefficient (Wildman–Crippen LogP) is 2.14. The molecule has 0 aliphatic heterocycles. The van der Waals surface area contributed by atoms with Gasteiger partial charge in [-0.3, -0.25) is 4.98 Å². The highest BCUT2D eigenvalue weighted by Crippen LogP contribution is 2.18. The van der Waals surface area contributed by atoms with Gasteiger partial charge < -0.3 is 4.74 Å². The summed E-state index contributed by atoms with van der Waals surface area (Å²) in [6, 6.07) is 8.67. The smallest absolute Gasteiger partial charge is 0.220 e. The van der Waals surface area contributed by atoms with Gasteiger partial charge in [0, 0.05) is 24.7 Å². The summed E-state index contributed by atoms with van der Waals surface area (Å²) in [6.07, 6.45) is 4.79. The fourth-order valence-corrected chi connectivity index (χ4v) is 1.06. The van der Waals surface area contributed by atoms with Gasteiger partial charge in [-0.1, -0.05) is 0 Å². The van der Waals surface area contributed by atoms with E-state index < -0.39 is 0 Å². The van der Waals surface area contributed by atoms with E-state index in [0.717, 1.165) is 0 Å². The van der Waals surface area contributed by atoms with Crippen LogP contribution in [-0.2, 0) is 0 Å². The van der Waals surface area contributed by atoms with Crippen molar-refractivity contribution in [2.45, 2.75) is 0 Å². The first-order valence-electron chi connectivity index (χ1n) is 4.32. The van der Waals surface area contributed by atoms with E-state index in [2.05, 4.69) is 9.97 Å². The maximum atomic E-state index is 8.68. The summed E-state index contributed by atoms with van der Waals surface area (Å²) < 4.78 is 5.42. The van der Waals surface area contributed by atoms with Crippen LogP contribution in [0.15, 0.2) is 42.9 Å². The van der Waals surface area contributed by atoms with Crippen molar-refractivity contribution in [2.24, 2.45) is 0 Å². The molecule has 0 saturated heterocycles. The minimum atomic E-state index is 0.403. The normalized spacial score (nSPS) is 9.27. The molecule has 72 valence electrons. The molecule has 0 aromatic carbocycles. The van der Waals surface area contributed by atoms with Crippen LogP contribution in [0.1, 0.15) is 5.56 Å². The fourth-order valence-electron chi connectivity index (χ4n) is 1.06. The standard InChI is InChI=1S/C11H7N3O/c12-8-9-1-6-14-11(7-9)15-10-2-4-13-5-3-10/h1-7H. The van der Waals surface area contributed by atoms with E-state index >= 15 is 0 Å². The summed E-state index contributed by atoms with van der Waals surface area (Å²) in [4.78, 5) is 7.86. The first kappa shape index (κ1) is 9.16. The van der Waals surface area contributed by atoms with Gasteiger partial charge in [-0.05, 0) is 18.2 Å². The van der Waals surface area contributed by atoms with E-state index in [1.807, 2.05) is 6.07 Å². The predicted molar refractivity (Wildman–Crippen MR) is 53.3 cm³/mol. The Morgan fingerprint density at radius 1 is 1.13 bits per heavy atom. The molecule has 2 aromatic heterocycles. The third kappa shape index (κ3) is 2.29. The second-order valence-corrected chi connectivity index (χ2v) is 2.78. The van der Waals surface area contributed by atoms with Crippen LogP contribution >= 0.6 is 0 Å². The fraction of sp³-hybridized carbons (Fsp3) is 0. The minimum Gasteiger partial charge on any atom is -0.439 e. The molecule has 2 heterocycles. The minimum absolute atomic E-state index is 0.403. The van der Waals surface area contributed by atoms with Crippen molar-refractivity contribution in [3.8, 4) is 17.7 Å². The van der Waals surface area contributed by atoms with Gasteiger partial charge in [-0.15, -0.1) is 0 Å². The molecular formula is C11H7N3O. The second kappa shape index (κ2) is 4.20. The number of hydrogen-bond acceptors (Lipinski definition) is 4. The zero-order valence-corrected chi connectivity index (χ0v) is 7.79. The third-order valence-corrected chi connectivity index (χ3v) is 1.74. The number of hydrogen-bond donors (Lipinski definition) is 0. The van der Waals surface area contributed by atoms with Crippen LogP contribution in [0.4, 0.5) is 0 Å².